The summed E-state index contributed by atoms with van der Waals surface area (Å²) in [5, 5.41) is 9.07. The molecule has 0 radical (unpaired) electrons. The van der Waals surface area contributed by atoms with E-state index in [-0.39, 0.29) is 11.1 Å². The van der Waals surface area contributed by atoms with Crippen LogP contribution in [0.2, 0.25) is 0 Å². The highest BCUT2D eigenvalue weighted by Crippen LogP contribution is 2.16. The Labute approximate surface area is 113 Å². The number of nitrogens with zero attached hydrogens (tertiary/aromatic N) is 2. The minimum atomic E-state index is -1.04. The smallest absolute Gasteiger partial charge is 0.335 e. The average molecular weight is 266 g/mol. The molecule has 1 aromatic heterocycles. The first-order valence-corrected chi connectivity index (χ1v) is 5.97. The van der Waals surface area contributed by atoms with Crippen LogP contribution in [0.4, 0.5) is 0 Å². The van der Waals surface area contributed by atoms with Crippen molar-refractivity contribution < 1.29 is 9.90 Å². The maximum atomic E-state index is 12.1. The number of hydrogen-bond acceptors (Lipinski definition) is 3. The second-order valence-electron chi connectivity index (χ2n) is 4.28. The van der Waals surface area contributed by atoms with Crippen molar-refractivity contribution in [3.63, 3.8) is 0 Å². The number of hydrogen-bond donors (Lipinski definition) is 1. The van der Waals surface area contributed by atoms with Crippen LogP contribution in [0.3, 0.4) is 0 Å². The zero-order valence-electron chi connectivity index (χ0n) is 10.4. The van der Waals surface area contributed by atoms with Crippen molar-refractivity contribution in [3.05, 3.63) is 70.6 Å². The molecule has 0 aliphatic rings. The van der Waals surface area contributed by atoms with Crippen LogP contribution in [-0.2, 0) is 0 Å². The molecule has 1 heterocycles. The molecule has 3 aromatic rings. The van der Waals surface area contributed by atoms with Crippen molar-refractivity contribution >= 4 is 17.0 Å². The van der Waals surface area contributed by atoms with Crippen molar-refractivity contribution in [2.45, 2.75) is 0 Å². The maximum Gasteiger partial charge on any atom is 0.335 e. The van der Waals surface area contributed by atoms with Gasteiger partial charge in [0.1, 0.15) is 0 Å². The Balaban J connectivity index is 2.40. The molecule has 0 fully saturated rings. The Morgan fingerprint density at radius 3 is 2.55 bits per heavy atom. The summed E-state index contributed by atoms with van der Waals surface area (Å²) in [7, 11) is 0. The van der Waals surface area contributed by atoms with Crippen LogP contribution in [0.15, 0.2) is 59.5 Å². The minimum absolute atomic E-state index is 0.120. The van der Waals surface area contributed by atoms with Crippen LogP contribution < -0.4 is 5.56 Å². The summed E-state index contributed by atoms with van der Waals surface area (Å²) in [5.41, 5.74) is 1.54. The number of carbonyl (C=O) groups is 1. The highest BCUT2D eigenvalue weighted by atomic mass is 16.4. The fourth-order valence-corrected chi connectivity index (χ4v) is 2.09. The molecule has 0 bridgehead atoms. The first kappa shape index (κ1) is 12.1. The summed E-state index contributed by atoms with van der Waals surface area (Å²) in [5.74, 6) is -1.04. The Kier molecular flexibility index (Phi) is 2.80. The molecule has 5 heteroatoms. The summed E-state index contributed by atoms with van der Waals surface area (Å²) < 4.78 is 1.45. The molecule has 0 saturated heterocycles. The zero-order chi connectivity index (χ0) is 14.1. The predicted octanol–water partition coefficient (Wildman–Crippen LogP) is 2.08. The SMILES string of the molecule is O=C(O)c1ccc2ncc(=O)n(-c3ccccc3)c2c1. The highest BCUT2D eigenvalue weighted by Gasteiger charge is 2.09. The lowest BCUT2D eigenvalue weighted by atomic mass is 10.2. The normalized spacial score (nSPS) is 10.6. The lowest BCUT2D eigenvalue weighted by molar-refractivity contribution is 0.0697. The van der Waals surface area contributed by atoms with E-state index >= 15 is 0 Å². The van der Waals surface area contributed by atoms with Gasteiger partial charge in [-0.1, -0.05) is 18.2 Å². The fourth-order valence-electron chi connectivity index (χ4n) is 2.09. The van der Waals surface area contributed by atoms with Gasteiger partial charge >= 0.3 is 5.97 Å². The maximum absolute atomic E-state index is 12.1. The van der Waals surface area contributed by atoms with E-state index in [2.05, 4.69) is 4.98 Å². The van der Waals surface area contributed by atoms with Crippen molar-refractivity contribution in [2.75, 3.05) is 0 Å². The summed E-state index contributed by atoms with van der Waals surface area (Å²) in [4.78, 5) is 27.2. The van der Waals surface area contributed by atoms with Crippen LogP contribution in [0.1, 0.15) is 10.4 Å². The number of carboxylic acid groups (broad SMARTS) is 1. The third-order valence-electron chi connectivity index (χ3n) is 3.01. The van der Waals surface area contributed by atoms with Crippen LogP contribution in [0.5, 0.6) is 0 Å². The average Bonchev–Trinajstić information content (AvgIpc) is 2.47. The lowest BCUT2D eigenvalue weighted by Crippen LogP contribution is -2.18. The van der Waals surface area contributed by atoms with E-state index in [1.807, 2.05) is 18.2 Å². The van der Waals surface area contributed by atoms with Gasteiger partial charge in [-0.25, -0.2) is 9.78 Å². The van der Waals surface area contributed by atoms with Gasteiger partial charge in [0.25, 0.3) is 5.56 Å². The molecule has 0 aliphatic heterocycles. The molecule has 5 nitrogen and oxygen atoms in total. The summed E-state index contributed by atoms with van der Waals surface area (Å²) in [6.07, 6.45) is 1.23. The molecule has 3 rings (SSSR count). The molecule has 0 saturated carbocycles. The van der Waals surface area contributed by atoms with Gasteiger partial charge in [0.15, 0.2) is 0 Å². The molecule has 0 spiro atoms. The topological polar surface area (TPSA) is 72.2 Å². The summed E-state index contributed by atoms with van der Waals surface area (Å²) in [6.45, 7) is 0. The molecule has 20 heavy (non-hydrogen) atoms. The predicted molar refractivity (Wildman–Crippen MR) is 74.3 cm³/mol. The van der Waals surface area contributed by atoms with E-state index in [4.69, 9.17) is 5.11 Å². The second-order valence-corrected chi connectivity index (χ2v) is 4.28. The van der Waals surface area contributed by atoms with Gasteiger partial charge in [0.2, 0.25) is 0 Å². The fraction of sp³-hybridized carbons (Fsp3) is 0. The third-order valence-corrected chi connectivity index (χ3v) is 3.01. The molecule has 0 atom stereocenters. The monoisotopic (exact) mass is 266 g/mol. The van der Waals surface area contributed by atoms with Crippen LogP contribution >= 0.6 is 0 Å². The van der Waals surface area contributed by atoms with E-state index in [0.29, 0.717) is 16.7 Å². The number of benzene rings is 2. The highest BCUT2D eigenvalue weighted by molar-refractivity contribution is 5.92. The van der Waals surface area contributed by atoms with Gasteiger partial charge in [0, 0.05) is 5.69 Å². The van der Waals surface area contributed by atoms with Gasteiger partial charge in [-0.05, 0) is 30.3 Å². The molecule has 0 amide bonds. The number of rotatable bonds is 2. The summed E-state index contributed by atoms with van der Waals surface area (Å²) >= 11 is 0. The lowest BCUT2D eigenvalue weighted by Gasteiger charge is -2.09. The molecule has 2 aromatic carbocycles. The van der Waals surface area contributed by atoms with Crippen molar-refractivity contribution in [1.29, 1.82) is 0 Å². The second kappa shape index (κ2) is 4.62. The molecular formula is C15H10N2O3. The molecule has 1 N–H and O–H groups in total. The Morgan fingerprint density at radius 1 is 1.10 bits per heavy atom. The number of aromatic carboxylic acids is 1. The van der Waals surface area contributed by atoms with Gasteiger partial charge in [0.05, 0.1) is 22.8 Å². The van der Waals surface area contributed by atoms with Crippen molar-refractivity contribution in [3.8, 4) is 5.69 Å². The van der Waals surface area contributed by atoms with E-state index in [1.165, 1.54) is 22.9 Å². The molecular weight excluding hydrogens is 256 g/mol. The Morgan fingerprint density at radius 2 is 1.85 bits per heavy atom. The van der Waals surface area contributed by atoms with Crippen molar-refractivity contribution in [2.24, 2.45) is 0 Å². The number of fused-ring (bicyclic) bond motifs is 1. The third kappa shape index (κ3) is 1.95. The standard InChI is InChI=1S/C15H10N2O3/c18-14-9-16-12-7-6-10(15(19)20)8-13(12)17(14)11-4-2-1-3-5-11/h1-9H,(H,19,20). The van der Waals surface area contributed by atoms with Gasteiger partial charge in [-0.3, -0.25) is 9.36 Å². The van der Waals surface area contributed by atoms with E-state index in [9.17, 15) is 9.59 Å². The molecule has 0 unspecified atom stereocenters. The Bertz CT molecular complexity index is 854. The number of aromatic nitrogens is 2. The molecule has 0 aliphatic carbocycles. The van der Waals surface area contributed by atoms with E-state index < -0.39 is 5.97 Å². The quantitative estimate of drug-likeness (QED) is 0.770. The van der Waals surface area contributed by atoms with E-state index in [0.717, 1.165) is 0 Å². The zero-order valence-corrected chi connectivity index (χ0v) is 10.4. The summed E-state index contributed by atoms with van der Waals surface area (Å²) in [6, 6.07) is 13.6. The van der Waals surface area contributed by atoms with Crippen LogP contribution in [0.25, 0.3) is 16.7 Å². The van der Waals surface area contributed by atoms with Crippen molar-refractivity contribution in [1.82, 2.24) is 9.55 Å². The van der Waals surface area contributed by atoms with Crippen LogP contribution in [-0.4, -0.2) is 20.6 Å². The Hall–Kier alpha value is -2.95. The van der Waals surface area contributed by atoms with Gasteiger partial charge < -0.3 is 5.11 Å². The van der Waals surface area contributed by atoms with E-state index in [1.54, 1.807) is 18.2 Å². The van der Waals surface area contributed by atoms with Crippen LogP contribution in [0, 0.1) is 0 Å². The number of carboxylic acids is 1. The first-order valence-electron chi connectivity index (χ1n) is 5.97. The van der Waals surface area contributed by atoms with Gasteiger partial charge in [-0.2, -0.15) is 0 Å². The molecule has 98 valence electrons. The van der Waals surface area contributed by atoms with Gasteiger partial charge in [-0.15, -0.1) is 0 Å². The largest absolute Gasteiger partial charge is 0.478 e. The first-order chi connectivity index (χ1) is 9.66. The minimum Gasteiger partial charge on any atom is -0.478 e. The number of para-hydroxylation sites is 1.